The molecule has 18 heavy (non-hydrogen) atoms. The first-order chi connectivity index (χ1) is 8.72. The van der Waals surface area contributed by atoms with E-state index in [1.54, 1.807) is 7.11 Å². The largest absolute Gasteiger partial charge is 0.478 e. The summed E-state index contributed by atoms with van der Waals surface area (Å²) in [4.78, 5) is 8.31. The zero-order valence-corrected chi connectivity index (χ0v) is 11.8. The second-order valence-corrected chi connectivity index (χ2v) is 4.17. The zero-order valence-electron chi connectivity index (χ0n) is 11.1. The molecule has 0 aliphatic rings. The quantitative estimate of drug-likeness (QED) is 0.736. The van der Waals surface area contributed by atoms with Gasteiger partial charge in [-0.1, -0.05) is 0 Å². The zero-order chi connectivity index (χ0) is 13.4. The number of aromatic nitrogens is 2. The number of hydrogen-bond donors (Lipinski definition) is 1. The van der Waals surface area contributed by atoms with Gasteiger partial charge in [-0.15, -0.1) is 11.6 Å². The third-order valence-electron chi connectivity index (χ3n) is 2.52. The van der Waals surface area contributed by atoms with Gasteiger partial charge in [0.2, 0.25) is 5.88 Å². The van der Waals surface area contributed by atoms with Crippen LogP contribution in [0.4, 0.5) is 5.82 Å². The molecule has 0 aromatic carbocycles. The van der Waals surface area contributed by atoms with Crippen molar-refractivity contribution in [3.8, 4) is 5.88 Å². The van der Waals surface area contributed by atoms with Gasteiger partial charge < -0.3 is 14.8 Å². The Morgan fingerprint density at radius 3 is 2.83 bits per heavy atom. The van der Waals surface area contributed by atoms with E-state index < -0.39 is 0 Å². The fourth-order valence-electron chi connectivity index (χ4n) is 1.50. The monoisotopic (exact) mass is 273 g/mol. The molecule has 6 heteroatoms. The molecule has 0 amide bonds. The number of alkyl halides is 1. The molecule has 0 aliphatic heterocycles. The van der Waals surface area contributed by atoms with Crippen LogP contribution >= 0.6 is 11.6 Å². The first-order valence-corrected chi connectivity index (χ1v) is 6.52. The van der Waals surface area contributed by atoms with Crippen LogP contribution in [0.3, 0.4) is 0 Å². The highest BCUT2D eigenvalue weighted by Crippen LogP contribution is 2.21. The van der Waals surface area contributed by atoms with Crippen molar-refractivity contribution >= 4 is 17.4 Å². The minimum absolute atomic E-state index is 0.120. The van der Waals surface area contributed by atoms with E-state index in [1.165, 1.54) is 6.33 Å². The van der Waals surface area contributed by atoms with Gasteiger partial charge >= 0.3 is 0 Å². The Bertz CT molecular complexity index is 363. The molecule has 0 saturated carbocycles. The molecule has 1 heterocycles. The number of rotatable bonds is 8. The fraction of sp³-hybridized carbons (Fsp3) is 0.667. The van der Waals surface area contributed by atoms with Crippen molar-refractivity contribution in [3.05, 3.63) is 11.9 Å². The first kappa shape index (κ1) is 15.0. The summed E-state index contributed by atoms with van der Waals surface area (Å²) in [7, 11) is 1.68. The average molecular weight is 274 g/mol. The Labute approximate surface area is 113 Å². The lowest BCUT2D eigenvalue weighted by Gasteiger charge is -2.18. The van der Waals surface area contributed by atoms with Crippen LogP contribution in [0.5, 0.6) is 5.88 Å². The summed E-state index contributed by atoms with van der Waals surface area (Å²) in [5, 5.41) is 3.29. The Morgan fingerprint density at radius 2 is 2.22 bits per heavy atom. The number of nitrogens with one attached hydrogen (secondary N) is 1. The van der Waals surface area contributed by atoms with Gasteiger partial charge in [-0.05, 0) is 20.3 Å². The third-order valence-corrected chi connectivity index (χ3v) is 2.89. The highest BCUT2D eigenvalue weighted by molar-refractivity contribution is 6.18. The van der Waals surface area contributed by atoms with Crippen LogP contribution in [0.15, 0.2) is 6.33 Å². The van der Waals surface area contributed by atoms with Crippen LogP contribution in [-0.4, -0.2) is 42.2 Å². The lowest BCUT2D eigenvalue weighted by molar-refractivity contribution is 0.191. The van der Waals surface area contributed by atoms with E-state index in [9.17, 15) is 0 Å². The van der Waals surface area contributed by atoms with Crippen molar-refractivity contribution in [2.24, 2.45) is 0 Å². The van der Waals surface area contributed by atoms with Crippen molar-refractivity contribution in [2.75, 3.05) is 31.5 Å². The molecule has 0 spiro atoms. The van der Waals surface area contributed by atoms with Gasteiger partial charge in [0.1, 0.15) is 12.1 Å². The van der Waals surface area contributed by atoms with Crippen LogP contribution in [0.1, 0.15) is 18.9 Å². The molecule has 1 aromatic heterocycles. The van der Waals surface area contributed by atoms with Gasteiger partial charge in [0.25, 0.3) is 0 Å². The molecule has 1 aromatic rings. The SMILES string of the molecule is CCOc1ncnc(NC(CCl)CCOC)c1C. The number of ether oxygens (including phenoxy) is 2. The summed E-state index contributed by atoms with van der Waals surface area (Å²) in [5.74, 6) is 1.86. The fourth-order valence-corrected chi connectivity index (χ4v) is 1.73. The summed E-state index contributed by atoms with van der Waals surface area (Å²) in [5.41, 5.74) is 0.895. The van der Waals surface area contributed by atoms with Gasteiger partial charge in [-0.3, -0.25) is 0 Å². The molecule has 0 bridgehead atoms. The minimum Gasteiger partial charge on any atom is -0.478 e. The molecular formula is C12H20ClN3O2. The van der Waals surface area contributed by atoms with Gasteiger partial charge in [0, 0.05) is 25.6 Å². The van der Waals surface area contributed by atoms with Crippen LogP contribution < -0.4 is 10.1 Å². The van der Waals surface area contributed by atoms with Crippen LogP contribution in [0, 0.1) is 6.92 Å². The molecule has 1 N–H and O–H groups in total. The normalized spacial score (nSPS) is 12.2. The van der Waals surface area contributed by atoms with Crippen LogP contribution in [-0.2, 0) is 4.74 Å². The number of hydrogen-bond acceptors (Lipinski definition) is 5. The molecule has 0 fully saturated rings. The highest BCUT2D eigenvalue weighted by atomic mass is 35.5. The van der Waals surface area contributed by atoms with Gasteiger partial charge in [-0.25, -0.2) is 9.97 Å². The Kier molecular flexibility index (Phi) is 6.75. The topological polar surface area (TPSA) is 56.3 Å². The summed E-state index contributed by atoms with van der Waals surface area (Å²) in [6.45, 7) is 5.09. The van der Waals surface area contributed by atoms with E-state index in [0.717, 1.165) is 17.8 Å². The summed E-state index contributed by atoms with van der Waals surface area (Å²) >= 11 is 5.91. The lowest BCUT2D eigenvalue weighted by Crippen LogP contribution is -2.24. The summed E-state index contributed by atoms with van der Waals surface area (Å²) < 4.78 is 10.5. The smallest absolute Gasteiger partial charge is 0.221 e. The highest BCUT2D eigenvalue weighted by Gasteiger charge is 2.12. The Hall–Kier alpha value is -1.07. The second-order valence-electron chi connectivity index (χ2n) is 3.86. The number of halogens is 1. The van der Waals surface area contributed by atoms with E-state index in [2.05, 4.69) is 15.3 Å². The van der Waals surface area contributed by atoms with E-state index in [-0.39, 0.29) is 6.04 Å². The van der Waals surface area contributed by atoms with Crippen LogP contribution in [0.25, 0.3) is 0 Å². The molecule has 1 atom stereocenters. The van der Waals surface area contributed by atoms with Gasteiger partial charge in [0.05, 0.1) is 12.2 Å². The standard InChI is InChI=1S/C12H20ClN3O2/c1-4-18-12-9(2)11(14-8-15-12)16-10(7-13)5-6-17-3/h8,10H,4-7H2,1-3H3,(H,14,15,16). The maximum absolute atomic E-state index is 5.91. The Balaban J connectivity index is 2.73. The van der Waals surface area contributed by atoms with Crippen molar-refractivity contribution in [2.45, 2.75) is 26.3 Å². The number of anilines is 1. The minimum atomic E-state index is 0.120. The molecule has 0 radical (unpaired) electrons. The molecule has 1 rings (SSSR count). The predicted octanol–water partition coefficient (Wildman–Crippen LogP) is 2.24. The summed E-state index contributed by atoms with van der Waals surface area (Å²) in [6, 6.07) is 0.120. The predicted molar refractivity (Wildman–Crippen MR) is 72.6 cm³/mol. The number of nitrogens with zero attached hydrogens (tertiary/aromatic N) is 2. The molecule has 1 unspecified atom stereocenters. The molecule has 102 valence electrons. The third kappa shape index (κ3) is 4.31. The van der Waals surface area contributed by atoms with Crippen LogP contribution in [0.2, 0.25) is 0 Å². The second kappa shape index (κ2) is 8.11. The Morgan fingerprint density at radius 1 is 1.44 bits per heavy atom. The lowest BCUT2D eigenvalue weighted by atomic mass is 10.2. The summed E-state index contributed by atoms with van der Waals surface area (Å²) in [6.07, 6.45) is 2.31. The molecule has 5 nitrogen and oxygen atoms in total. The van der Waals surface area contributed by atoms with Crippen molar-refractivity contribution in [1.82, 2.24) is 9.97 Å². The van der Waals surface area contributed by atoms with Gasteiger partial charge in [-0.2, -0.15) is 0 Å². The average Bonchev–Trinajstić information content (AvgIpc) is 2.39. The van der Waals surface area contributed by atoms with E-state index in [4.69, 9.17) is 21.1 Å². The number of methoxy groups -OCH3 is 1. The van der Waals surface area contributed by atoms with Crippen molar-refractivity contribution in [3.63, 3.8) is 0 Å². The van der Waals surface area contributed by atoms with Gasteiger partial charge in [0.15, 0.2) is 0 Å². The first-order valence-electron chi connectivity index (χ1n) is 5.98. The van der Waals surface area contributed by atoms with E-state index in [0.29, 0.717) is 25.0 Å². The van der Waals surface area contributed by atoms with Crippen molar-refractivity contribution in [1.29, 1.82) is 0 Å². The van der Waals surface area contributed by atoms with Crippen molar-refractivity contribution < 1.29 is 9.47 Å². The molecular weight excluding hydrogens is 254 g/mol. The van der Waals surface area contributed by atoms with E-state index in [1.807, 2.05) is 13.8 Å². The van der Waals surface area contributed by atoms with E-state index >= 15 is 0 Å². The maximum Gasteiger partial charge on any atom is 0.221 e. The maximum atomic E-state index is 5.91. The molecule has 0 aliphatic carbocycles. The molecule has 0 saturated heterocycles.